The number of benzene rings is 1. The molecule has 1 aliphatic heterocycles. The van der Waals surface area contributed by atoms with Crippen molar-refractivity contribution in [1.82, 2.24) is 19.9 Å². The Labute approximate surface area is 132 Å². The number of fused-ring (bicyclic) bond motifs is 3. The fourth-order valence-corrected chi connectivity index (χ4v) is 2.73. The zero-order valence-corrected chi connectivity index (χ0v) is 12.6. The lowest BCUT2D eigenvalue weighted by atomic mass is 10.1. The van der Waals surface area contributed by atoms with Gasteiger partial charge in [-0.2, -0.15) is 9.61 Å². The summed E-state index contributed by atoms with van der Waals surface area (Å²) in [7, 11) is 1.81. The van der Waals surface area contributed by atoms with Crippen molar-refractivity contribution in [3.8, 4) is 0 Å². The van der Waals surface area contributed by atoms with Crippen LogP contribution in [0.1, 0.15) is 15.9 Å². The van der Waals surface area contributed by atoms with Crippen LogP contribution in [0.15, 0.2) is 36.5 Å². The van der Waals surface area contributed by atoms with Gasteiger partial charge in [0.1, 0.15) is 17.2 Å². The maximum absolute atomic E-state index is 12.4. The van der Waals surface area contributed by atoms with E-state index in [1.54, 1.807) is 10.7 Å². The summed E-state index contributed by atoms with van der Waals surface area (Å²) in [5, 5.41) is 13.6. The van der Waals surface area contributed by atoms with Crippen LogP contribution in [-0.4, -0.2) is 34.1 Å². The number of rotatable bonds is 1. The average Bonchev–Trinajstić information content (AvgIpc) is 2.97. The van der Waals surface area contributed by atoms with Crippen LogP contribution < -0.4 is 16.0 Å². The number of aromatic nitrogens is 3. The fraction of sp³-hybridized carbons (Fsp3) is 0.188. The van der Waals surface area contributed by atoms with E-state index in [1.807, 2.05) is 31.3 Å². The minimum atomic E-state index is -0.163. The van der Waals surface area contributed by atoms with Gasteiger partial charge < -0.3 is 16.0 Å². The smallest absolute Gasteiger partial charge is 0.256 e. The molecule has 0 fully saturated rings. The number of nitrogens with zero attached hydrogens (tertiary/aromatic N) is 3. The number of hydrogen-bond acceptors (Lipinski definition) is 5. The van der Waals surface area contributed by atoms with Crippen LogP contribution in [0.25, 0.3) is 5.65 Å². The lowest BCUT2D eigenvalue weighted by Gasteiger charge is -2.12. The van der Waals surface area contributed by atoms with E-state index < -0.39 is 0 Å². The van der Waals surface area contributed by atoms with Crippen molar-refractivity contribution in [1.29, 1.82) is 0 Å². The van der Waals surface area contributed by atoms with Gasteiger partial charge in [0.25, 0.3) is 5.91 Å². The van der Waals surface area contributed by atoms with Crippen LogP contribution >= 0.6 is 0 Å². The maximum Gasteiger partial charge on any atom is 0.256 e. The summed E-state index contributed by atoms with van der Waals surface area (Å²) < 4.78 is 1.63. The molecule has 0 saturated heterocycles. The van der Waals surface area contributed by atoms with Gasteiger partial charge in [-0.05, 0) is 24.1 Å². The van der Waals surface area contributed by atoms with Gasteiger partial charge in [-0.3, -0.25) is 4.79 Å². The standard InChI is InChI=1S/C16H16N6O/c1-17-14-8-13-20-11-4-2-3-10(7-11)5-6-18-16(23)12-9-19-22(14)15(12)21-13/h2-4,7-9,17H,5-6H2,1H3,(H,18,23)(H,20,21). The van der Waals surface area contributed by atoms with Gasteiger partial charge in [-0.1, -0.05) is 12.1 Å². The first-order valence-electron chi connectivity index (χ1n) is 7.45. The highest BCUT2D eigenvalue weighted by Gasteiger charge is 2.17. The van der Waals surface area contributed by atoms with Gasteiger partial charge >= 0.3 is 0 Å². The quantitative estimate of drug-likeness (QED) is 0.638. The molecular formula is C16H16N6O. The van der Waals surface area contributed by atoms with Crippen LogP contribution in [-0.2, 0) is 6.42 Å². The van der Waals surface area contributed by atoms with Crippen molar-refractivity contribution in [2.75, 3.05) is 24.2 Å². The Bertz CT molecular complexity index is 901. The van der Waals surface area contributed by atoms with Crippen molar-refractivity contribution >= 4 is 28.9 Å². The van der Waals surface area contributed by atoms with E-state index in [9.17, 15) is 4.79 Å². The second-order valence-electron chi connectivity index (χ2n) is 5.40. The maximum atomic E-state index is 12.4. The molecule has 116 valence electrons. The fourth-order valence-electron chi connectivity index (χ4n) is 2.73. The van der Waals surface area contributed by atoms with Crippen molar-refractivity contribution < 1.29 is 4.79 Å². The molecule has 2 aromatic heterocycles. The van der Waals surface area contributed by atoms with Gasteiger partial charge in [-0.25, -0.2) is 4.98 Å². The molecule has 3 aromatic rings. The van der Waals surface area contributed by atoms with Crippen LogP contribution in [0.4, 0.5) is 17.3 Å². The molecule has 3 heterocycles. The van der Waals surface area contributed by atoms with Crippen LogP contribution in [0.3, 0.4) is 0 Å². The van der Waals surface area contributed by atoms with Crippen LogP contribution in [0, 0.1) is 0 Å². The number of carbonyl (C=O) groups is 1. The summed E-state index contributed by atoms with van der Waals surface area (Å²) in [5.74, 6) is 1.25. The van der Waals surface area contributed by atoms with E-state index in [4.69, 9.17) is 0 Å². The Morgan fingerprint density at radius 3 is 3.09 bits per heavy atom. The van der Waals surface area contributed by atoms with Crippen LogP contribution in [0.5, 0.6) is 0 Å². The van der Waals surface area contributed by atoms with Gasteiger partial charge in [-0.15, -0.1) is 0 Å². The minimum Gasteiger partial charge on any atom is -0.373 e. The lowest BCUT2D eigenvalue weighted by Crippen LogP contribution is -2.26. The molecule has 0 aliphatic carbocycles. The molecule has 7 nitrogen and oxygen atoms in total. The van der Waals surface area contributed by atoms with E-state index in [0.717, 1.165) is 23.5 Å². The topological polar surface area (TPSA) is 83.3 Å². The van der Waals surface area contributed by atoms with Crippen molar-refractivity contribution in [3.63, 3.8) is 0 Å². The molecule has 4 rings (SSSR count). The van der Waals surface area contributed by atoms with Gasteiger partial charge in [0, 0.05) is 25.3 Å². The van der Waals surface area contributed by atoms with E-state index in [2.05, 4.69) is 32.1 Å². The Hall–Kier alpha value is -3.09. The predicted octanol–water partition coefficient (Wildman–Crippen LogP) is 1.80. The first-order chi connectivity index (χ1) is 11.2. The zero-order chi connectivity index (χ0) is 15.8. The Morgan fingerprint density at radius 2 is 2.22 bits per heavy atom. The summed E-state index contributed by atoms with van der Waals surface area (Å²) in [5.41, 5.74) is 3.11. The monoisotopic (exact) mass is 308 g/mol. The summed E-state index contributed by atoms with van der Waals surface area (Å²) in [6.07, 6.45) is 2.32. The molecule has 4 bridgehead atoms. The Morgan fingerprint density at radius 1 is 1.30 bits per heavy atom. The molecule has 0 radical (unpaired) electrons. The molecule has 1 aliphatic rings. The molecule has 0 unspecified atom stereocenters. The van der Waals surface area contributed by atoms with Crippen molar-refractivity contribution in [2.45, 2.75) is 6.42 Å². The molecule has 1 aromatic carbocycles. The Balaban J connectivity index is 1.92. The normalized spacial score (nSPS) is 13.9. The number of nitrogens with one attached hydrogen (secondary N) is 3. The number of anilines is 3. The lowest BCUT2D eigenvalue weighted by molar-refractivity contribution is 0.0955. The minimum absolute atomic E-state index is 0.163. The van der Waals surface area contributed by atoms with Gasteiger partial charge in [0.15, 0.2) is 5.65 Å². The average molecular weight is 308 g/mol. The number of hydrogen-bond donors (Lipinski definition) is 3. The summed E-state index contributed by atoms with van der Waals surface area (Å²) >= 11 is 0. The second kappa shape index (κ2) is 5.28. The molecule has 0 saturated carbocycles. The molecule has 0 atom stereocenters. The predicted molar refractivity (Wildman–Crippen MR) is 88.3 cm³/mol. The molecule has 3 N–H and O–H groups in total. The number of carbonyl (C=O) groups excluding carboxylic acids is 1. The van der Waals surface area contributed by atoms with Gasteiger partial charge in [0.2, 0.25) is 0 Å². The highest BCUT2D eigenvalue weighted by Crippen LogP contribution is 2.23. The molecule has 1 amide bonds. The van der Waals surface area contributed by atoms with Crippen LogP contribution in [0.2, 0.25) is 0 Å². The highest BCUT2D eigenvalue weighted by atomic mass is 16.1. The van der Waals surface area contributed by atoms with Crippen molar-refractivity contribution in [3.05, 3.63) is 47.7 Å². The first kappa shape index (κ1) is 13.6. The Kier molecular flexibility index (Phi) is 3.11. The third kappa shape index (κ3) is 2.36. The second-order valence-corrected chi connectivity index (χ2v) is 5.40. The van der Waals surface area contributed by atoms with E-state index in [0.29, 0.717) is 23.6 Å². The SMILES string of the molecule is CNc1cc2nc3c(cnn13)C(=O)NCCc1cccc(c1)N2. The van der Waals surface area contributed by atoms with Crippen molar-refractivity contribution in [2.24, 2.45) is 0 Å². The molecule has 23 heavy (non-hydrogen) atoms. The van der Waals surface area contributed by atoms with E-state index in [-0.39, 0.29) is 5.91 Å². The van der Waals surface area contributed by atoms with E-state index in [1.165, 1.54) is 0 Å². The summed E-state index contributed by atoms with van der Waals surface area (Å²) in [4.78, 5) is 16.9. The van der Waals surface area contributed by atoms with Gasteiger partial charge in [0.05, 0.1) is 6.20 Å². The summed E-state index contributed by atoms with van der Waals surface area (Å²) in [6, 6.07) is 9.96. The highest BCUT2D eigenvalue weighted by molar-refractivity contribution is 6.00. The summed E-state index contributed by atoms with van der Waals surface area (Å²) in [6.45, 7) is 0.568. The zero-order valence-electron chi connectivity index (χ0n) is 12.6. The third-order valence-corrected chi connectivity index (χ3v) is 3.87. The molecule has 0 spiro atoms. The molecule has 7 heteroatoms. The largest absolute Gasteiger partial charge is 0.373 e. The number of amides is 1. The van der Waals surface area contributed by atoms with E-state index >= 15 is 0 Å². The first-order valence-corrected chi connectivity index (χ1v) is 7.45. The third-order valence-electron chi connectivity index (χ3n) is 3.87. The molecular weight excluding hydrogens is 292 g/mol.